The van der Waals surface area contributed by atoms with Gasteiger partial charge in [0.15, 0.2) is 0 Å². The standard InChI is InChI=1S/C23H27O6PS/c1-17(24)10-5-3-4-8-15-28-30(25,26)29-21-16-18-11-6-7-14-22(18)31-23-19(21)12-9-13-20(23)27-2/h6-7,9,11-14,16H,3-5,8,10,15H2,1-2H3,(H,25,26). The Kier molecular flexibility index (Phi) is 8.38. The number of benzene rings is 2. The highest BCUT2D eigenvalue weighted by Gasteiger charge is 2.28. The number of fused-ring (bicyclic) bond motifs is 2. The Labute approximate surface area is 187 Å². The monoisotopic (exact) mass is 462 g/mol. The van der Waals surface area contributed by atoms with Crippen molar-refractivity contribution in [2.75, 3.05) is 13.7 Å². The van der Waals surface area contributed by atoms with Crippen LogP contribution in [-0.2, 0) is 18.4 Å². The molecule has 0 fully saturated rings. The van der Waals surface area contributed by atoms with Crippen molar-refractivity contribution in [2.24, 2.45) is 0 Å². The number of methoxy groups -OCH3 is 1. The number of rotatable bonds is 11. The first-order valence-corrected chi connectivity index (χ1v) is 12.5. The van der Waals surface area contributed by atoms with Crippen LogP contribution >= 0.6 is 19.6 Å². The average Bonchev–Trinajstić information content (AvgIpc) is 2.88. The summed E-state index contributed by atoms with van der Waals surface area (Å²) >= 11 is 1.52. The minimum absolute atomic E-state index is 0.109. The molecule has 1 unspecified atom stereocenters. The number of phosphoric acid groups is 1. The predicted octanol–water partition coefficient (Wildman–Crippen LogP) is 6.33. The molecular formula is C23H27O6PS. The lowest BCUT2D eigenvalue weighted by Crippen LogP contribution is -1.99. The van der Waals surface area contributed by atoms with Crippen LogP contribution in [0, 0.1) is 0 Å². The first kappa shape index (κ1) is 23.6. The summed E-state index contributed by atoms with van der Waals surface area (Å²) in [5.41, 5.74) is 1.55. The largest absolute Gasteiger partial charge is 0.527 e. The molecule has 6 nitrogen and oxygen atoms in total. The number of hydrogen-bond donors (Lipinski definition) is 1. The van der Waals surface area contributed by atoms with Crippen LogP contribution in [0.5, 0.6) is 5.75 Å². The van der Waals surface area contributed by atoms with Crippen molar-refractivity contribution in [3.05, 3.63) is 53.6 Å². The van der Waals surface area contributed by atoms with Crippen LogP contribution in [0.4, 0.5) is 0 Å². The molecule has 1 N–H and O–H groups in total. The van der Waals surface area contributed by atoms with Crippen LogP contribution in [-0.4, -0.2) is 24.4 Å². The lowest BCUT2D eigenvalue weighted by Gasteiger charge is -2.17. The molecule has 0 aromatic heterocycles. The Bertz CT molecular complexity index is 1000. The second-order valence-electron chi connectivity index (χ2n) is 7.24. The van der Waals surface area contributed by atoms with Crippen LogP contribution in [0.3, 0.4) is 0 Å². The molecule has 8 heteroatoms. The Morgan fingerprint density at radius 3 is 2.61 bits per heavy atom. The molecule has 0 bridgehead atoms. The van der Waals surface area contributed by atoms with Crippen molar-refractivity contribution < 1.29 is 28.0 Å². The van der Waals surface area contributed by atoms with Gasteiger partial charge in [-0.25, -0.2) is 4.57 Å². The lowest BCUT2D eigenvalue weighted by atomic mass is 10.1. The maximum atomic E-state index is 12.6. The number of carbonyl (C=O) groups is 1. The van der Waals surface area contributed by atoms with E-state index in [1.165, 1.54) is 11.8 Å². The first-order valence-electron chi connectivity index (χ1n) is 10.2. The van der Waals surface area contributed by atoms with Gasteiger partial charge < -0.3 is 14.1 Å². The smallest absolute Gasteiger partial charge is 0.496 e. The summed E-state index contributed by atoms with van der Waals surface area (Å²) in [6.07, 6.45) is 5.46. The molecule has 0 spiro atoms. The Morgan fingerprint density at radius 2 is 1.84 bits per heavy atom. The molecular weight excluding hydrogens is 435 g/mol. The lowest BCUT2D eigenvalue weighted by molar-refractivity contribution is -0.117. The van der Waals surface area contributed by atoms with Gasteiger partial charge >= 0.3 is 7.82 Å². The highest BCUT2D eigenvalue weighted by atomic mass is 32.2. The molecule has 0 radical (unpaired) electrons. The third-order valence-corrected chi connectivity index (χ3v) is 6.93. The van der Waals surface area contributed by atoms with Crippen molar-refractivity contribution >= 4 is 37.2 Å². The van der Waals surface area contributed by atoms with Gasteiger partial charge in [-0.1, -0.05) is 48.9 Å². The van der Waals surface area contributed by atoms with E-state index in [2.05, 4.69) is 0 Å². The topological polar surface area (TPSA) is 82.1 Å². The van der Waals surface area contributed by atoms with Gasteiger partial charge in [0.05, 0.1) is 18.6 Å². The van der Waals surface area contributed by atoms with Gasteiger partial charge in [0.25, 0.3) is 0 Å². The number of phosphoric ester groups is 1. The normalized spacial score (nSPS) is 14.5. The number of ketones is 1. The third kappa shape index (κ3) is 6.71. The molecule has 1 heterocycles. The van der Waals surface area contributed by atoms with Gasteiger partial charge in [-0.15, -0.1) is 0 Å². The van der Waals surface area contributed by atoms with E-state index >= 15 is 0 Å². The summed E-state index contributed by atoms with van der Waals surface area (Å²) in [6.45, 7) is 1.69. The molecule has 0 aliphatic carbocycles. The molecule has 31 heavy (non-hydrogen) atoms. The second-order valence-corrected chi connectivity index (χ2v) is 9.67. The van der Waals surface area contributed by atoms with E-state index in [4.69, 9.17) is 13.8 Å². The van der Waals surface area contributed by atoms with E-state index in [0.717, 1.165) is 34.6 Å². The van der Waals surface area contributed by atoms with Gasteiger partial charge in [-0.2, -0.15) is 0 Å². The van der Waals surface area contributed by atoms with Crippen molar-refractivity contribution in [1.82, 2.24) is 0 Å². The highest BCUT2D eigenvalue weighted by Crippen LogP contribution is 2.52. The fourth-order valence-corrected chi connectivity index (χ4v) is 5.19. The fourth-order valence-electron chi connectivity index (χ4n) is 3.23. The fraction of sp³-hybridized carbons (Fsp3) is 0.348. The van der Waals surface area contributed by atoms with E-state index in [9.17, 15) is 14.3 Å². The molecule has 1 aliphatic rings. The zero-order valence-corrected chi connectivity index (χ0v) is 19.4. The van der Waals surface area contributed by atoms with Crippen LogP contribution < -0.4 is 4.74 Å². The SMILES string of the molecule is COc1cccc2c1Sc1ccccc1C=C2OP(=O)(O)OCCCCCCC(C)=O. The summed E-state index contributed by atoms with van der Waals surface area (Å²) in [7, 11) is -2.72. The van der Waals surface area contributed by atoms with Crippen LogP contribution in [0.1, 0.15) is 50.2 Å². The number of unbranched alkanes of at least 4 members (excludes halogenated alkanes) is 3. The van der Waals surface area contributed by atoms with Crippen molar-refractivity contribution in [3.63, 3.8) is 0 Å². The van der Waals surface area contributed by atoms with E-state index in [-0.39, 0.29) is 18.1 Å². The van der Waals surface area contributed by atoms with Crippen LogP contribution in [0.2, 0.25) is 0 Å². The van der Waals surface area contributed by atoms with Gasteiger partial charge in [0.1, 0.15) is 17.3 Å². The van der Waals surface area contributed by atoms with Crippen molar-refractivity contribution in [1.29, 1.82) is 0 Å². The molecule has 0 saturated heterocycles. The maximum Gasteiger partial charge on any atom is 0.527 e. The van der Waals surface area contributed by atoms with Gasteiger partial charge in [-0.05, 0) is 49.6 Å². The van der Waals surface area contributed by atoms with Crippen LogP contribution in [0.25, 0.3) is 11.8 Å². The molecule has 1 atom stereocenters. The van der Waals surface area contributed by atoms with Crippen LogP contribution in [0.15, 0.2) is 52.3 Å². The van der Waals surface area contributed by atoms with Crippen molar-refractivity contribution in [3.8, 4) is 5.75 Å². The number of Topliss-reactive ketones (excluding diaryl/α,β-unsaturated/α-hetero) is 1. The molecule has 0 amide bonds. The second kappa shape index (κ2) is 11.0. The Hall–Kier alpha value is -2.05. The zero-order chi connectivity index (χ0) is 22.3. The molecule has 3 rings (SSSR count). The number of ether oxygens (including phenoxy) is 1. The summed E-state index contributed by atoms with van der Waals surface area (Å²) in [5, 5.41) is 0. The average molecular weight is 463 g/mol. The van der Waals surface area contributed by atoms with Gasteiger partial charge in [0.2, 0.25) is 0 Å². The van der Waals surface area contributed by atoms with E-state index in [1.54, 1.807) is 20.1 Å². The molecule has 166 valence electrons. The minimum atomic E-state index is -4.32. The molecule has 0 saturated carbocycles. The first-order chi connectivity index (χ1) is 14.9. The summed E-state index contributed by atoms with van der Waals surface area (Å²) < 4.78 is 28.9. The summed E-state index contributed by atoms with van der Waals surface area (Å²) in [4.78, 5) is 23.1. The molecule has 2 aromatic rings. The van der Waals surface area contributed by atoms with E-state index in [0.29, 0.717) is 24.2 Å². The zero-order valence-electron chi connectivity index (χ0n) is 17.7. The van der Waals surface area contributed by atoms with E-state index < -0.39 is 7.82 Å². The predicted molar refractivity (Wildman–Crippen MR) is 122 cm³/mol. The third-order valence-electron chi connectivity index (χ3n) is 4.77. The van der Waals surface area contributed by atoms with Gasteiger partial charge in [0, 0.05) is 16.9 Å². The van der Waals surface area contributed by atoms with Gasteiger partial charge in [-0.3, -0.25) is 9.42 Å². The minimum Gasteiger partial charge on any atom is -0.496 e. The summed E-state index contributed by atoms with van der Waals surface area (Å²) in [6, 6.07) is 13.2. The Balaban J connectivity index is 1.71. The molecule has 1 aliphatic heterocycles. The number of hydrogen-bond acceptors (Lipinski definition) is 6. The quantitative estimate of drug-likeness (QED) is 0.309. The molecule has 2 aromatic carbocycles. The highest BCUT2D eigenvalue weighted by molar-refractivity contribution is 7.99. The number of carbonyl (C=O) groups excluding carboxylic acids is 1. The van der Waals surface area contributed by atoms with Crippen molar-refractivity contribution in [2.45, 2.75) is 48.8 Å². The Morgan fingerprint density at radius 1 is 1.06 bits per heavy atom. The maximum absolute atomic E-state index is 12.6. The van der Waals surface area contributed by atoms with E-state index in [1.807, 2.05) is 42.5 Å². The summed E-state index contributed by atoms with van der Waals surface area (Å²) in [5.74, 6) is 1.10.